The zero-order valence-electron chi connectivity index (χ0n) is 13.5. The van der Waals surface area contributed by atoms with Gasteiger partial charge in [-0.2, -0.15) is 0 Å². The van der Waals surface area contributed by atoms with Gasteiger partial charge in [0, 0.05) is 6.04 Å². The van der Waals surface area contributed by atoms with Gasteiger partial charge in [-0.25, -0.2) is 9.78 Å². The number of rotatable bonds is 6. The highest BCUT2D eigenvalue weighted by Crippen LogP contribution is 2.34. The average Bonchev–Trinajstić information content (AvgIpc) is 3.39. The number of amides is 1. The van der Waals surface area contributed by atoms with E-state index in [1.54, 1.807) is 6.92 Å². The smallest absolute Gasteiger partial charge is 0.337 e. The van der Waals surface area contributed by atoms with Gasteiger partial charge in [-0.3, -0.25) is 4.79 Å². The van der Waals surface area contributed by atoms with Gasteiger partial charge in [0.1, 0.15) is 5.69 Å². The highest BCUT2D eigenvalue weighted by atomic mass is 16.4. The van der Waals surface area contributed by atoms with Gasteiger partial charge in [0.25, 0.3) is 5.91 Å². The third-order valence-electron chi connectivity index (χ3n) is 4.35. The van der Waals surface area contributed by atoms with Crippen molar-refractivity contribution < 1.29 is 14.7 Å². The van der Waals surface area contributed by atoms with Crippen molar-refractivity contribution in [1.82, 2.24) is 10.3 Å². The minimum Gasteiger partial charge on any atom is -0.478 e. The summed E-state index contributed by atoms with van der Waals surface area (Å²) in [7, 11) is 0. The Balaban J connectivity index is 1.72. The van der Waals surface area contributed by atoms with Gasteiger partial charge in [-0.1, -0.05) is 30.3 Å². The summed E-state index contributed by atoms with van der Waals surface area (Å²) in [4.78, 5) is 27.7. The second-order valence-electron chi connectivity index (χ2n) is 6.24. The average molecular weight is 324 g/mol. The third kappa shape index (κ3) is 3.79. The maximum Gasteiger partial charge on any atom is 0.337 e. The minimum absolute atomic E-state index is 0.0844. The molecular formula is C19H20N2O3. The van der Waals surface area contributed by atoms with Gasteiger partial charge in [-0.15, -0.1) is 0 Å². The Labute approximate surface area is 140 Å². The molecule has 1 aliphatic rings. The molecule has 124 valence electrons. The molecule has 1 heterocycles. The molecule has 2 N–H and O–H groups in total. The van der Waals surface area contributed by atoms with Crippen molar-refractivity contribution >= 4 is 11.9 Å². The highest BCUT2D eigenvalue weighted by molar-refractivity contribution is 5.94. The molecule has 0 aliphatic heterocycles. The Morgan fingerprint density at radius 1 is 1.21 bits per heavy atom. The van der Waals surface area contributed by atoms with Crippen molar-refractivity contribution in [3.8, 4) is 0 Å². The van der Waals surface area contributed by atoms with E-state index < -0.39 is 5.97 Å². The number of aryl methyl sites for hydroxylation is 1. The minimum atomic E-state index is -1.04. The van der Waals surface area contributed by atoms with E-state index in [1.807, 2.05) is 18.2 Å². The molecule has 5 nitrogen and oxygen atoms in total. The Morgan fingerprint density at radius 3 is 2.50 bits per heavy atom. The number of aromatic carboxylic acids is 1. The quantitative estimate of drug-likeness (QED) is 0.856. The first kappa shape index (κ1) is 16.2. The molecule has 2 aromatic rings. The number of nitrogens with one attached hydrogen (secondary N) is 1. The van der Waals surface area contributed by atoms with Crippen LogP contribution in [0.15, 0.2) is 42.5 Å². The molecule has 1 aromatic carbocycles. The summed E-state index contributed by atoms with van der Waals surface area (Å²) in [6.45, 7) is 1.60. The van der Waals surface area contributed by atoms with Crippen LogP contribution in [0.5, 0.6) is 0 Å². The molecule has 0 spiro atoms. The predicted octanol–water partition coefficient (Wildman–Crippen LogP) is 2.84. The number of hydrogen-bond donors (Lipinski definition) is 2. The van der Waals surface area contributed by atoms with E-state index in [-0.39, 0.29) is 23.2 Å². The summed E-state index contributed by atoms with van der Waals surface area (Å²) in [5, 5.41) is 12.1. The second-order valence-corrected chi connectivity index (χ2v) is 6.24. The summed E-state index contributed by atoms with van der Waals surface area (Å²) >= 11 is 0. The SMILES string of the molecule is Cc1nc(C(=O)NC(Cc2ccccc2)C2CC2)ccc1C(=O)O. The molecule has 1 aromatic heterocycles. The highest BCUT2D eigenvalue weighted by Gasteiger charge is 2.32. The van der Waals surface area contributed by atoms with Crippen LogP contribution in [0.25, 0.3) is 0 Å². The summed E-state index contributed by atoms with van der Waals surface area (Å²) in [6.07, 6.45) is 3.05. The summed E-state index contributed by atoms with van der Waals surface area (Å²) in [5.74, 6) is -0.775. The Morgan fingerprint density at radius 2 is 1.92 bits per heavy atom. The standard InChI is InChI=1S/C19H20N2O3/c1-12-15(19(23)24)9-10-16(20-12)18(22)21-17(14-7-8-14)11-13-5-3-2-4-6-13/h2-6,9-10,14,17H,7-8,11H2,1H3,(H,21,22)(H,23,24). The maximum atomic E-state index is 12.5. The molecule has 3 rings (SSSR count). The monoisotopic (exact) mass is 324 g/mol. The van der Waals surface area contributed by atoms with Crippen molar-refractivity contribution in [1.29, 1.82) is 0 Å². The van der Waals surface area contributed by atoms with E-state index >= 15 is 0 Å². The summed E-state index contributed by atoms with van der Waals surface area (Å²) < 4.78 is 0. The number of carboxylic acids is 1. The number of carbonyl (C=O) groups excluding carboxylic acids is 1. The van der Waals surface area contributed by atoms with Gasteiger partial charge in [0.05, 0.1) is 11.3 Å². The fourth-order valence-corrected chi connectivity index (χ4v) is 2.86. The molecule has 5 heteroatoms. The fraction of sp³-hybridized carbons (Fsp3) is 0.316. The number of hydrogen-bond acceptors (Lipinski definition) is 3. The van der Waals surface area contributed by atoms with Gasteiger partial charge in [0.2, 0.25) is 0 Å². The Bertz CT molecular complexity index is 754. The summed E-state index contributed by atoms with van der Waals surface area (Å²) in [6, 6.07) is 13.1. The van der Waals surface area contributed by atoms with Crippen LogP contribution < -0.4 is 5.32 Å². The van der Waals surface area contributed by atoms with Crippen LogP contribution in [-0.2, 0) is 6.42 Å². The van der Waals surface area contributed by atoms with Gasteiger partial charge in [-0.05, 0) is 49.8 Å². The van der Waals surface area contributed by atoms with Gasteiger partial charge >= 0.3 is 5.97 Å². The van der Waals surface area contributed by atoms with E-state index in [0.29, 0.717) is 11.6 Å². The first-order chi connectivity index (χ1) is 11.5. The molecule has 1 aliphatic carbocycles. The molecule has 0 saturated heterocycles. The van der Waals surface area contributed by atoms with Crippen molar-refractivity contribution in [3.63, 3.8) is 0 Å². The lowest BCUT2D eigenvalue weighted by Crippen LogP contribution is -2.38. The molecular weight excluding hydrogens is 304 g/mol. The molecule has 1 fully saturated rings. The third-order valence-corrected chi connectivity index (χ3v) is 4.35. The number of benzene rings is 1. The van der Waals surface area contributed by atoms with Crippen molar-refractivity contribution in [2.45, 2.75) is 32.2 Å². The van der Waals surface area contributed by atoms with Crippen LogP contribution in [0.3, 0.4) is 0 Å². The normalized spacial score (nSPS) is 14.9. The molecule has 0 radical (unpaired) electrons. The number of carboxylic acid groups (broad SMARTS) is 1. The van der Waals surface area contributed by atoms with E-state index in [4.69, 9.17) is 5.11 Å². The van der Waals surface area contributed by atoms with Gasteiger partial charge < -0.3 is 10.4 Å². The largest absolute Gasteiger partial charge is 0.478 e. The molecule has 1 saturated carbocycles. The van der Waals surface area contributed by atoms with Gasteiger partial charge in [0.15, 0.2) is 0 Å². The zero-order valence-corrected chi connectivity index (χ0v) is 13.5. The maximum absolute atomic E-state index is 12.5. The van der Waals surface area contributed by atoms with Crippen LogP contribution in [0.1, 0.15) is 44.9 Å². The lowest BCUT2D eigenvalue weighted by Gasteiger charge is -2.18. The number of aromatic nitrogens is 1. The number of nitrogens with zero attached hydrogens (tertiary/aromatic N) is 1. The van der Waals surface area contributed by atoms with Crippen LogP contribution >= 0.6 is 0 Å². The fourth-order valence-electron chi connectivity index (χ4n) is 2.86. The van der Waals surface area contributed by atoms with Crippen molar-refractivity contribution in [3.05, 3.63) is 65.0 Å². The lowest BCUT2D eigenvalue weighted by atomic mass is 10.0. The van der Waals surface area contributed by atoms with E-state index in [1.165, 1.54) is 17.7 Å². The molecule has 1 atom stereocenters. The first-order valence-electron chi connectivity index (χ1n) is 8.10. The van der Waals surface area contributed by atoms with Crippen LogP contribution in [-0.4, -0.2) is 28.0 Å². The van der Waals surface area contributed by atoms with Crippen LogP contribution in [0, 0.1) is 12.8 Å². The first-order valence-corrected chi connectivity index (χ1v) is 8.10. The Hall–Kier alpha value is -2.69. The zero-order chi connectivity index (χ0) is 17.1. The van der Waals surface area contributed by atoms with Crippen LogP contribution in [0.2, 0.25) is 0 Å². The van der Waals surface area contributed by atoms with Crippen LogP contribution in [0.4, 0.5) is 0 Å². The van der Waals surface area contributed by atoms with E-state index in [9.17, 15) is 9.59 Å². The molecule has 1 amide bonds. The van der Waals surface area contributed by atoms with Crippen molar-refractivity contribution in [2.24, 2.45) is 5.92 Å². The lowest BCUT2D eigenvalue weighted by molar-refractivity contribution is 0.0694. The molecule has 0 bridgehead atoms. The molecule has 1 unspecified atom stereocenters. The predicted molar refractivity (Wildman–Crippen MR) is 90.1 cm³/mol. The second kappa shape index (κ2) is 6.83. The Kier molecular flexibility index (Phi) is 4.60. The van der Waals surface area contributed by atoms with Crippen molar-refractivity contribution in [2.75, 3.05) is 0 Å². The van der Waals surface area contributed by atoms with E-state index in [0.717, 1.165) is 19.3 Å². The topological polar surface area (TPSA) is 79.3 Å². The number of carbonyl (C=O) groups is 2. The summed E-state index contributed by atoms with van der Waals surface area (Å²) in [5.41, 5.74) is 1.92. The number of pyridine rings is 1. The van der Waals surface area contributed by atoms with E-state index in [2.05, 4.69) is 22.4 Å². The molecule has 24 heavy (non-hydrogen) atoms.